The third-order valence-corrected chi connectivity index (χ3v) is 7.59. The summed E-state index contributed by atoms with van der Waals surface area (Å²) in [4.78, 5) is 12.6. The van der Waals surface area contributed by atoms with Gasteiger partial charge in [0.25, 0.3) is 5.22 Å². The highest BCUT2D eigenvalue weighted by molar-refractivity contribution is 9.10. The van der Waals surface area contributed by atoms with Gasteiger partial charge in [-0.2, -0.15) is 0 Å². The Labute approximate surface area is 172 Å². The highest BCUT2D eigenvalue weighted by atomic mass is 79.9. The first-order valence-electron chi connectivity index (χ1n) is 9.56. The van der Waals surface area contributed by atoms with Gasteiger partial charge >= 0.3 is 0 Å². The Morgan fingerprint density at radius 3 is 2.78 bits per heavy atom. The molecule has 0 saturated heterocycles. The molecule has 2 aliphatic carbocycles. The van der Waals surface area contributed by atoms with E-state index in [0.717, 1.165) is 21.9 Å². The van der Waals surface area contributed by atoms with E-state index in [1.807, 2.05) is 31.2 Å². The number of halogens is 1. The van der Waals surface area contributed by atoms with E-state index in [0.29, 0.717) is 17.0 Å². The van der Waals surface area contributed by atoms with Gasteiger partial charge in [0.1, 0.15) is 0 Å². The summed E-state index contributed by atoms with van der Waals surface area (Å²) >= 11 is 4.80. The Hall–Kier alpha value is -1.34. The van der Waals surface area contributed by atoms with Gasteiger partial charge in [0.05, 0.1) is 10.8 Å². The lowest BCUT2D eigenvalue weighted by molar-refractivity contribution is -0.121. The summed E-state index contributed by atoms with van der Waals surface area (Å²) < 4.78 is 6.65. The molecule has 5 atom stereocenters. The number of fused-ring (bicyclic) bond motifs is 2. The lowest BCUT2D eigenvalue weighted by Crippen LogP contribution is -2.43. The van der Waals surface area contributed by atoms with Crippen LogP contribution in [0.1, 0.15) is 39.5 Å². The van der Waals surface area contributed by atoms with Gasteiger partial charge in [0, 0.05) is 10.5 Å². The number of benzene rings is 1. The lowest BCUT2D eigenvalue weighted by Gasteiger charge is -2.29. The van der Waals surface area contributed by atoms with Gasteiger partial charge in [-0.1, -0.05) is 30.3 Å². The number of rotatable bonds is 6. The largest absolute Gasteiger partial charge is 0.411 e. The van der Waals surface area contributed by atoms with Gasteiger partial charge in [-0.3, -0.25) is 4.79 Å². The van der Waals surface area contributed by atoms with E-state index in [9.17, 15) is 4.79 Å². The molecule has 2 bridgehead atoms. The van der Waals surface area contributed by atoms with Crippen LogP contribution in [0.5, 0.6) is 0 Å². The van der Waals surface area contributed by atoms with E-state index in [2.05, 4.69) is 38.4 Å². The molecule has 1 N–H and O–H groups in total. The summed E-state index contributed by atoms with van der Waals surface area (Å²) in [6.45, 7) is 4.04. The maximum Gasteiger partial charge on any atom is 0.277 e. The van der Waals surface area contributed by atoms with Gasteiger partial charge in [-0.15, -0.1) is 10.2 Å². The number of hydrogen-bond donors (Lipinski definition) is 1. The van der Waals surface area contributed by atoms with E-state index >= 15 is 0 Å². The summed E-state index contributed by atoms with van der Waals surface area (Å²) in [6.07, 6.45) is 5.34. The summed E-state index contributed by atoms with van der Waals surface area (Å²) in [5.74, 6) is 2.82. The monoisotopic (exact) mass is 449 g/mol. The fourth-order valence-corrected chi connectivity index (χ4v) is 5.71. The fraction of sp³-hybridized carbons (Fsp3) is 0.550. The van der Waals surface area contributed by atoms with Crippen molar-refractivity contribution in [2.45, 2.75) is 56.0 Å². The molecule has 1 aromatic carbocycles. The van der Waals surface area contributed by atoms with Crippen LogP contribution in [-0.2, 0) is 4.79 Å². The summed E-state index contributed by atoms with van der Waals surface area (Å²) in [6, 6.07) is 7.93. The summed E-state index contributed by atoms with van der Waals surface area (Å²) in [5, 5.41) is 11.6. The number of nitrogens with zero attached hydrogens (tertiary/aromatic N) is 2. The molecule has 0 aliphatic heterocycles. The minimum absolute atomic E-state index is 0.0379. The van der Waals surface area contributed by atoms with Gasteiger partial charge < -0.3 is 9.73 Å². The zero-order valence-electron chi connectivity index (χ0n) is 15.5. The second-order valence-electron chi connectivity index (χ2n) is 7.75. The Morgan fingerprint density at radius 2 is 2.07 bits per heavy atom. The van der Waals surface area contributed by atoms with E-state index in [1.165, 1.54) is 37.4 Å². The van der Waals surface area contributed by atoms with E-state index in [1.54, 1.807) is 0 Å². The van der Waals surface area contributed by atoms with Crippen LogP contribution in [0.4, 0.5) is 0 Å². The number of carbonyl (C=O) groups is 1. The normalized spacial score (nSPS) is 26.1. The molecule has 0 spiro atoms. The Bertz CT molecular complexity index is 827. The first-order valence-corrected chi connectivity index (χ1v) is 11.2. The molecular formula is C20H24BrN3O2S. The maximum absolute atomic E-state index is 12.6. The molecule has 2 aromatic rings. The zero-order chi connectivity index (χ0) is 19.0. The number of thioether (sulfide) groups is 1. The molecule has 0 unspecified atom stereocenters. The van der Waals surface area contributed by atoms with Crippen LogP contribution in [0.25, 0.3) is 11.5 Å². The molecular weight excluding hydrogens is 426 g/mol. The molecule has 0 radical (unpaired) electrons. The SMILES string of the molecule is C[C@H](Sc1nnc(-c2ccccc2Br)o1)C(=O)N[C@@H](C)[C@@H]1C[C@H]2CC[C@H]1C2. The minimum Gasteiger partial charge on any atom is -0.411 e. The minimum atomic E-state index is -0.279. The van der Waals surface area contributed by atoms with Crippen LogP contribution >= 0.6 is 27.7 Å². The number of amides is 1. The van der Waals surface area contributed by atoms with Crippen LogP contribution in [0, 0.1) is 17.8 Å². The molecule has 4 rings (SSSR count). The zero-order valence-corrected chi connectivity index (χ0v) is 17.9. The van der Waals surface area contributed by atoms with Gasteiger partial charge in [-0.25, -0.2) is 0 Å². The van der Waals surface area contributed by atoms with E-state index < -0.39 is 0 Å². The Balaban J connectivity index is 1.34. The van der Waals surface area contributed by atoms with Crippen LogP contribution < -0.4 is 5.32 Å². The maximum atomic E-state index is 12.6. The molecule has 2 aliphatic rings. The Morgan fingerprint density at radius 1 is 1.26 bits per heavy atom. The van der Waals surface area contributed by atoms with Crippen molar-refractivity contribution in [2.24, 2.45) is 17.8 Å². The molecule has 27 heavy (non-hydrogen) atoms. The third-order valence-electron chi connectivity index (χ3n) is 5.96. The van der Waals surface area contributed by atoms with E-state index in [4.69, 9.17) is 4.42 Å². The molecule has 1 aromatic heterocycles. The fourth-order valence-electron chi connectivity index (χ4n) is 4.56. The molecule has 2 fully saturated rings. The molecule has 5 nitrogen and oxygen atoms in total. The van der Waals surface area contributed by atoms with E-state index in [-0.39, 0.29) is 17.2 Å². The van der Waals surface area contributed by atoms with Crippen LogP contribution in [-0.4, -0.2) is 27.4 Å². The highest BCUT2D eigenvalue weighted by Crippen LogP contribution is 2.49. The number of aromatic nitrogens is 2. The molecule has 144 valence electrons. The van der Waals surface area contributed by atoms with Crippen molar-refractivity contribution in [3.8, 4) is 11.5 Å². The third kappa shape index (κ3) is 4.09. The quantitative estimate of drug-likeness (QED) is 0.633. The second-order valence-corrected chi connectivity index (χ2v) is 9.90. The van der Waals surface area contributed by atoms with Gasteiger partial charge in [0.2, 0.25) is 11.8 Å². The average Bonchev–Trinajstić information content (AvgIpc) is 3.38. The standard InChI is InChI=1S/C20H24BrN3O2S/c1-11(16-10-13-7-8-14(16)9-13)22-18(25)12(2)27-20-24-23-19(26-20)15-5-3-4-6-17(15)21/h3-6,11-14,16H,7-10H2,1-2H3,(H,22,25)/t11-,12-,13-,14-,16-/m0/s1. The van der Waals surface area contributed by atoms with Crippen molar-refractivity contribution < 1.29 is 9.21 Å². The van der Waals surface area contributed by atoms with Crippen LogP contribution in [0.3, 0.4) is 0 Å². The molecule has 7 heteroatoms. The van der Waals surface area contributed by atoms with Crippen LogP contribution in [0.15, 0.2) is 38.4 Å². The van der Waals surface area contributed by atoms with Crippen molar-refractivity contribution in [3.63, 3.8) is 0 Å². The molecule has 1 heterocycles. The van der Waals surface area contributed by atoms with Crippen molar-refractivity contribution >= 4 is 33.6 Å². The Kier molecular flexibility index (Phi) is 5.60. The number of hydrogen-bond acceptors (Lipinski definition) is 5. The van der Waals surface area contributed by atoms with Crippen molar-refractivity contribution in [3.05, 3.63) is 28.7 Å². The van der Waals surface area contributed by atoms with Crippen molar-refractivity contribution in [1.29, 1.82) is 0 Å². The topological polar surface area (TPSA) is 68.0 Å². The summed E-state index contributed by atoms with van der Waals surface area (Å²) in [7, 11) is 0. The highest BCUT2D eigenvalue weighted by Gasteiger charge is 2.42. The van der Waals surface area contributed by atoms with Crippen molar-refractivity contribution in [1.82, 2.24) is 15.5 Å². The average molecular weight is 450 g/mol. The molecule has 1 amide bonds. The molecule has 2 saturated carbocycles. The predicted octanol–water partition coefficient (Wildman–Crippen LogP) is 4.92. The first kappa shape index (κ1) is 19.0. The number of carbonyl (C=O) groups excluding carboxylic acids is 1. The number of nitrogens with one attached hydrogen (secondary N) is 1. The second kappa shape index (κ2) is 7.95. The van der Waals surface area contributed by atoms with Crippen LogP contribution in [0.2, 0.25) is 0 Å². The lowest BCUT2D eigenvalue weighted by atomic mass is 9.84. The van der Waals surface area contributed by atoms with Gasteiger partial charge in [0.15, 0.2) is 0 Å². The summed E-state index contributed by atoms with van der Waals surface area (Å²) in [5.41, 5.74) is 0.846. The predicted molar refractivity (Wildman–Crippen MR) is 109 cm³/mol. The smallest absolute Gasteiger partial charge is 0.277 e. The first-order chi connectivity index (χ1) is 13.0. The van der Waals surface area contributed by atoms with Gasteiger partial charge in [-0.05, 0) is 78.9 Å². The van der Waals surface area contributed by atoms with Crippen molar-refractivity contribution in [2.75, 3.05) is 0 Å².